The lowest BCUT2D eigenvalue weighted by atomic mass is 10.3. The van der Waals surface area contributed by atoms with Gasteiger partial charge in [-0.3, -0.25) is 4.98 Å². The van der Waals surface area contributed by atoms with Crippen molar-refractivity contribution in [2.24, 2.45) is 0 Å². The van der Waals surface area contributed by atoms with Crippen molar-refractivity contribution in [3.63, 3.8) is 0 Å². The van der Waals surface area contributed by atoms with Crippen molar-refractivity contribution < 1.29 is 13.5 Å². The lowest BCUT2D eigenvalue weighted by molar-refractivity contribution is 0.439. The molecule has 1 heterocycles. The van der Waals surface area contributed by atoms with Gasteiger partial charge in [0.15, 0.2) is 17.3 Å². The molecule has 0 aliphatic rings. The first-order valence-electron chi connectivity index (χ1n) is 4.60. The van der Waals surface area contributed by atoms with E-state index in [0.717, 1.165) is 12.1 Å². The van der Waals surface area contributed by atoms with Crippen LogP contribution in [-0.2, 0) is 0 Å². The zero-order chi connectivity index (χ0) is 12.4. The van der Waals surface area contributed by atoms with E-state index in [1.165, 1.54) is 12.4 Å². The number of pyridine rings is 1. The van der Waals surface area contributed by atoms with Crippen molar-refractivity contribution in [1.82, 2.24) is 4.98 Å². The number of hydrogen-bond acceptors (Lipinski definition) is 3. The van der Waals surface area contributed by atoms with Crippen molar-refractivity contribution in [3.8, 4) is 11.5 Å². The highest BCUT2D eigenvalue weighted by Crippen LogP contribution is 2.34. The Kier molecular flexibility index (Phi) is 3.10. The molecule has 0 spiro atoms. The van der Waals surface area contributed by atoms with E-state index in [2.05, 4.69) is 4.98 Å². The molecular formula is C11H7ClF2N2O. The monoisotopic (exact) mass is 256 g/mol. The summed E-state index contributed by atoms with van der Waals surface area (Å²) in [6, 6.07) is 2.94. The summed E-state index contributed by atoms with van der Waals surface area (Å²) in [5.41, 5.74) is 5.75. The third-order valence-corrected chi connectivity index (χ3v) is 2.26. The molecule has 2 rings (SSSR count). The van der Waals surface area contributed by atoms with Crippen LogP contribution in [0.1, 0.15) is 0 Å². The Bertz CT molecular complexity index is 543. The third-order valence-electron chi connectivity index (χ3n) is 1.99. The number of hydrogen-bond donors (Lipinski definition) is 1. The van der Waals surface area contributed by atoms with Crippen LogP contribution in [0.5, 0.6) is 11.5 Å². The predicted octanol–water partition coefficient (Wildman–Crippen LogP) is 3.39. The van der Waals surface area contributed by atoms with Crippen LogP contribution in [0.3, 0.4) is 0 Å². The molecule has 1 aromatic carbocycles. The van der Waals surface area contributed by atoms with Gasteiger partial charge in [-0.05, 0) is 12.1 Å². The van der Waals surface area contributed by atoms with Crippen molar-refractivity contribution in [2.75, 3.05) is 5.73 Å². The van der Waals surface area contributed by atoms with Gasteiger partial charge in [0.25, 0.3) is 0 Å². The Morgan fingerprint density at radius 2 is 2.00 bits per heavy atom. The number of nitrogen functional groups attached to an aromatic ring is 1. The lowest BCUT2D eigenvalue weighted by Crippen LogP contribution is -1.96. The van der Waals surface area contributed by atoms with E-state index in [9.17, 15) is 8.78 Å². The number of nitrogens with zero attached hydrogens (tertiary/aromatic N) is 1. The van der Waals surface area contributed by atoms with Gasteiger partial charge in [0, 0.05) is 12.3 Å². The maximum absolute atomic E-state index is 13.3. The van der Waals surface area contributed by atoms with E-state index in [1.807, 2.05) is 0 Å². The van der Waals surface area contributed by atoms with E-state index >= 15 is 0 Å². The van der Waals surface area contributed by atoms with E-state index in [4.69, 9.17) is 22.1 Å². The van der Waals surface area contributed by atoms with Crippen LogP contribution < -0.4 is 10.5 Å². The van der Waals surface area contributed by atoms with Gasteiger partial charge in [0.05, 0.1) is 11.9 Å². The molecule has 88 valence electrons. The standard InChI is InChI=1S/C11H7ClF2N2O/c12-7-4-16-5-9(15)11(7)17-10-2-1-6(13)3-8(10)14/h1-5H,15H2. The van der Waals surface area contributed by atoms with E-state index < -0.39 is 11.6 Å². The quantitative estimate of drug-likeness (QED) is 0.896. The average molecular weight is 257 g/mol. The van der Waals surface area contributed by atoms with Crippen molar-refractivity contribution in [3.05, 3.63) is 47.2 Å². The van der Waals surface area contributed by atoms with Gasteiger partial charge >= 0.3 is 0 Å². The first-order chi connectivity index (χ1) is 8.08. The first-order valence-corrected chi connectivity index (χ1v) is 4.97. The SMILES string of the molecule is Nc1cncc(Cl)c1Oc1ccc(F)cc1F. The molecular weight excluding hydrogens is 250 g/mol. The van der Waals surface area contributed by atoms with Gasteiger partial charge in [-0.15, -0.1) is 0 Å². The molecule has 6 heteroatoms. The van der Waals surface area contributed by atoms with Crippen molar-refractivity contribution in [1.29, 1.82) is 0 Å². The second-order valence-electron chi connectivity index (χ2n) is 3.22. The summed E-state index contributed by atoms with van der Waals surface area (Å²) in [5.74, 6) is -1.60. The number of anilines is 1. The molecule has 1 aromatic heterocycles. The number of halogens is 3. The fraction of sp³-hybridized carbons (Fsp3) is 0. The van der Waals surface area contributed by atoms with Crippen molar-refractivity contribution in [2.45, 2.75) is 0 Å². The van der Waals surface area contributed by atoms with E-state index in [-0.39, 0.29) is 22.2 Å². The highest BCUT2D eigenvalue weighted by atomic mass is 35.5. The molecule has 2 aromatic rings. The zero-order valence-electron chi connectivity index (χ0n) is 8.45. The topological polar surface area (TPSA) is 48.1 Å². The molecule has 0 radical (unpaired) electrons. The molecule has 0 unspecified atom stereocenters. The molecule has 0 aliphatic heterocycles. The normalized spacial score (nSPS) is 10.3. The maximum atomic E-state index is 13.3. The summed E-state index contributed by atoms with van der Waals surface area (Å²) >= 11 is 5.80. The maximum Gasteiger partial charge on any atom is 0.172 e. The number of nitrogens with two attached hydrogens (primary N) is 1. The number of rotatable bonds is 2. The zero-order valence-corrected chi connectivity index (χ0v) is 9.21. The summed E-state index contributed by atoms with van der Waals surface area (Å²) in [5, 5.41) is 0.147. The van der Waals surface area contributed by atoms with Gasteiger partial charge in [-0.1, -0.05) is 11.6 Å². The molecule has 2 N–H and O–H groups in total. The highest BCUT2D eigenvalue weighted by Gasteiger charge is 2.11. The van der Waals surface area contributed by atoms with Crippen LogP contribution in [0.2, 0.25) is 5.02 Å². The molecule has 0 aliphatic carbocycles. The Labute approximate surface area is 101 Å². The molecule has 0 saturated heterocycles. The van der Waals surface area contributed by atoms with Crippen LogP contribution in [0.15, 0.2) is 30.6 Å². The predicted molar refractivity (Wildman–Crippen MR) is 60.1 cm³/mol. The molecule has 0 saturated carbocycles. The lowest BCUT2D eigenvalue weighted by Gasteiger charge is -2.10. The third kappa shape index (κ3) is 2.45. The molecule has 17 heavy (non-hydrogen) atoms. The Morgan fingerprint density at radius 1 is 1.24 bits per heavy atom. The summed E-state index contributed by atoms with van der Waals surface area (Å²) < 4.78 is 31.2. The Balaban J connectivity index is 2.38. The fourth-order valence-corrected chi connectivity index (χ4v) is 1.42. The second kappa shape index (κ2) is 4.55. The molecule has 0 atom stereocenters. The minimum Gasteiger partial charge on any atom is -0.450 e. The second-order valence-corrected chi connectivity index (χ2v) is 3.62. The van der Waals surface area contributed by atoms with Crippen molar-refractivity contribution >= 4 is 17.3 Å². The average Bonchev–Trinajstić information content (AvgIpc) is 2.26. The smallest absolute Gasteiger partial charge is 0.172 e. The molecule has 0 bridgehead atoms. The summed E-state index contributed by atoms with van der Waals surface area (Å²) in [6.45, 7) is 0. The summed E-state index contributed by atoms with van der Waals surface area (Å²) in [7, 11) is 0. The number of aromatic nitrogens is 1. The van der Waals surface area contributed by atoms with Gasteiger partial charge in [-0.2, -0.15) is 0 Å². The Hall–Kier alpha value is -1.88. The van der Waals surface area contributed by atoms with Crippen LogP contribution in [0.25, 0.3) is 0 Å². The van der Waals surface area contributed by atoms with Crippen LogP contribution in [0.4, 0.5) is 14.5 Å². The minimum absolute atomic E-state index is 0.0900. The molecule has 0 amide bonds. The number of benzene rings is 1. The van der Waals surface area contributed by atoms with E-state index in [1.54, 1.807) is 0 Å². The molecule has 3 nitrogen and oxygen atoms in total. The number of ether oxygens (including phenoxy) is 1. The molecule has 0 fully saturated rings. The largest absolute Gasteiger partial charge is 0.450 e. The Morgan fingerprint density at radius 3 is 2.65 bits per heavy atom. The van der Waals surface area contributed by atoms with Crippen LogP contribution in [-0.4, -0.2) is 4.98 Å². The van der Waals surface area contributed by atoms with Gasteiger partial charge < -0.3 is 10.5 Å². The fourth-order valence-electron chi connectivity index (χ4n) is 1.21. The van der Waals surface area contributed by atoms with Crippen LogP contribution in [0, 0.1) is 11.6 Å². The van der Waals surface area contributed by atoms with Gasteiger partial charge in [0.2, 0.25) is 0 Å². The summed E-state index contributed by atoms with van der Waals surface area (Å²) in [6.07, 6.45) is 2.64. The minimum atomic E-state index is -0.836. The van der Waals surface area contributed by atoms with Gasteiger partial charge in [-0.25, -0.2) is 8.78 Å². The van der Waals surface area contributed by atoms with Gasteiger partial charge in [0.1, 0.15) is 10.8 Å². The highest BCUT2D eigenvalue weighted by molar-refractivity contribution is 6.32. The summed E-state index contributed by atoms with van der Waals surface area (Å²) in [4.78, 5) is 3.73. The van der Waals surface area contributed by atoms with Crippen LogP contribution >= 0.6 is 11.6 Å². The van der Waals surface area contributed by atoms with E-state index in [0.29, 0.717) is 6.07 Å². The first kappa shape index (κ1) is 11.6.